The van der Waals surface area contributed by atoms with E-state index in [0.717, 1.165) is 17.7 Å². The molecule has 152 valence electrons. The van der Waals surface area contributed by atoms with Crippen LogP contribution in [0.2, 0.25) is 10.3 Å². The van der Waals surface area contributed by atoms with Gasteiger partial charge >= 0.3 is 0 Å². The van der Waals surface area contributed by atoms with Crippen LogP contribution in [0.15, 0.2) is 48.5 Å². The topological polar surface area (TPSA) is 83.4 Å². The maximum atomic E-state index is 9.33. The summed E-state index contributed by atoms with van der Waals surface area (Å²) in [7, 11) is 1.86. The Kier molecular flexibility index (Phi) is 7.32. The van der Waals surface area contributed by atoms with Crippen LogP contribution >= 0.6 is 23.2 Å². The van der Waals surface area contributed by atoms with E-state index in [2.05, 4.69) is 20.3 Å². The minimum atomic E-state index is 0.118. The first-order valence-electron chi connectivity index (χ1n) is 9.02. The van der Waals surface area contributed by atoms with Gasteiger partial charge < -0.3 is 20.1 Å². The van der Waals surface area contributed by atoms with Crippen molar-refractivity contribution in [3.05, 3.63) is 64.4 Å². The van der Waals surface area contributed by atoms with Crippen LogP contribution in [0, 0.1) is 0 Å². The molecule has 3 aromatic rings. The summed E-state index contributed by atoms with van der Waals surface area (Å²) < 4.78 is 5.70. The molecule has 0 bridgehead atoms. The van der Waals surface area contributed by atoms with Crippen molar-refractivity contribution in [1.29, 1.82) is 0 Å². The van der Waals surface area contributed by atoms with Crippen molar-refractivity contribution in [3.63, 3.8) is 0 Å². The Morgan fingerprint density at radius 1 is 1.00 bits per heavy atom. The number of aromatic hydroxyl groups is 1. The lowest BCUT2D eigenvalue weighted by atomic mass is 10.1. The molecule has 0 aliphatic heterocycles. The van der Waals surface area contributed by atoms with E-state index in [4.69, 9.17) is 27.9 Å². The zero-order chi connectivity index (χ0) is 20.6. The number of phenolic OH excluding ortho intramolecular Hbond substituents is 1. The van der Waals surface area contributed by atoms with Crippen molar-refractivity contribution in [2.75, 3.05) is 37.0 Å². The van der Waals surface area contributed by atoms with Crippen molar-refractivity contribution in [3.8, 4) is 11.5 Å². The molecule has 9 heteroatoms. The number of ether oxygens (including phenoxy) is 1. The van der Waals surface area contributed by atoms with Crippen molar-refractivity contribution < 1.29 is 9.84 Å². The van der Waals surface area contributed by atoms with E-state index >= 15 is 0 Å². The van der Waals surface area contributed by atoms with Gasteiger partial charge in [-0.05, 0) is 60.0 Å². The van der Waals surface area contributed by atoms with Gasteiger partial charge in [0, 0.05) is 18.6 Å². The van der Waals surface area contributed by atoms with Gasteiger partial charge in [0.25, 0.3) is 0 Å². The molecule has 2 N–H and O–H groups in total. The lowest BCUT2D eigenvalue weighted by molar-refractivity contribution is 0.325. The maximum Gasteiger partial charge on any atom is 0.231 e. The fraction of sp³-hybridized carbons (Fsp3) is 0.250. The highest BCUT2D eigenvalue weighted by Crippen LogP contribution is 2.16. The van der Waals surface area contributed by atoms with Gasteiger partial charge in [-0.3, -0.25) is 0 Å². The zero-order valence-electron chi connectivity index (χ0n) is 15.8. The molecule has 0 atom stereocenters. The van der Waals surface area contributed by atoms with Crippen molar-refractivity contribution in [1.82, 2.24) is 15.0 Å². The number of halogens is 2. The second kappa shape index (κ2) is 10.1. The molecule has 0 aliphatic carbocycles. The Hall–Kier alpha value is -2.77. The van der Waals surface area contributed by atoms with Crippen molar-refractivity contribution >= 4 is 35.1 Å². The molecule has 0 radical (unpaired) electrons. The molecule has 29 heavy (non-hydrogen) atoms. The first-order chi connectivity index (χ1) is 14.0. The van der Waals surface area contributed by atoms with Gasteiger partial charge in [0.05, 0.1) is 6.54 Å². The summed E-state index contributed by atoms with van der Waals surface area (Å²) in [6.07, 6.45) is 0.754. The highest BCUT2D eigenvalue weighted by atomic mass is 35.5. The first kappa shape index (κ1) is 21.0. The molecule has 0 amide bonds. The quantitative estimate of drug-likeness (QED) is 0.526. The summed E-state index contributed by atoms with van der Waals surface area (Å²) in [6.45, 7) is 1.63. The second-order valence-electron chi connectivity index (χ2n) is 6.30. The van der Waals surface area contributed by atoms with Crippen LogP contribution in [-0.2, 0) is 6.42 Å². The molecular weight excluding hydrogens is 413 g/mol. The van der Waals surface area contributed by atoms with E-state index < -0.39 is 0 Å². The van der Waals surface area contributed by atoms with Crippen LogP contribution in [-0.4, -0.2) is 46.8 Å². The molecule has 3 rings (SSSR count). The summed E-state index contributed by atoms with van der Waals surface area (Å²) in [5.74, 6) is 1.85. The number of nitrogens with one attached hydrogen (secondary N) is 1. The van der Waals surface area contributed by atoms with Gasteiger partial charge in [0.15, 0.2) is 0 Å². The Balaban J connectivity index is 1.51. The van der Waals surface area contributed by atoms with Gasteiger partial charge in [0.2, 0.25) is 17.2 Å². The number of benzene rings is 2. The average molecular weight is 434 g/mol. The standard InChI is InChI=1S/C20H21Cl2N5O2/c1-27(12-13-29-17-8-4-15(21)5-9-17)20-25-18(22)24-19(26-20)23-11-10-14-2-6-16(28)7-3-14/h2-9,28H,10-13H2,1H3,(H,23,24,25,26). The van der Waals surface area contributed by atoms with Crippen LogP contribution in [0.25, 0.3) is 0 Å². The van der Waals surface area contributed by atoms with E-state index in [1.165, 1.54) is 0 Å². The van der Waals surface area contributed by atoms with Gasteiger partial charge in [-0.1, -0.05) is 23.7 Å². The smallest absolute Gasteiger partial charge is 0.231 e. The highest BCUT2D eigenvalue weighted by Gasteiger charge is 2.10. The lowest BCUT2D eigenvalue weighted by Gasteiger charge is -2.18. The minimum absolute atomic E-state index is 0.118. The SMILES string of the molecule is CN(CCOc1ccc(Cl)cc1)c1nc(Cl)nc(NCCc2ccc(O)cc2)n1. The second-order valence-corrected chi connectivity index (χ2v) is 7.07. The molecule has 0 spiro atoms. The maximum absolute atomic E-state index is 9.33. The number of nitrogens with zero attached hydrogens (tertiary/aromatic N) is 4. The van der Waals surface area contributed by atoms with Gasteiger partial charge in [-0.15, -0.1) is 0 Å². The van der Waals surface area contributed by atoms with Crippen molar-refractivity contribution in [2.24, 2.45) is 0 Å². The fourth-order valence-electron chi connectivity index (χ4n) is 2.50. The summed E-state index contributed by atoms with van der Waals surface area (Å²) in [6, 6.07) is 14.3. The Bertz CT molecular complexity index is 923. The van der Waals surface area contributed by atoms with Crippen LogP contribution in [0.3, 0.4) is 0 Å². The molecule has 0 saturated carbocycles. The predicted octanol–water partition coefficient (Wildman–Crippen LogP) is 4.05. The van der Waals surface area contributed by atoms with Crippen LogP contribution in [0.1, 0.15) is 5.56 Å². The number of hydrogen-bond donors (Lipinski definition) is 2. The summed E-state index contributed by atoms with van der Waals surface area (Å²) >= 11 is 11.9. The van der Waals surface area contributed by atoms with E-state index in [-0.39, 0.29) is 11.0 Å². The minimum Gasteiger partial charge on any atom is -0.508 e. The normalized spacial score (nSPS) is 10.6. The molecular formula is C20H21Cl2N5O2. The monoisotopic (exact) mass is 433 g/mol. The van der Waals surface area contributed by atoms with Crippen LogP contribution in [0.5, 0.6) is 11.5 Å². The molecule has 7 nitrogen and oxygen atoms in total. The zero-order valence-corrected chi connectivity index (χ0v) is 17.4. The summed E-state index contributed by atoms with van der Waals surface area (Å²) in [5.41, 5.74) is 1.09. The van der Waals surface area contributed by atoms with Gasteiger partial charge in [-0.25, -0.2) is 0 Å². The third kappa shape index (κ3) is 6.66. The summed E-state index contributed by atoms with van der Waals surface area (Å²) in [5, 5.41) is 13.3. The van der Waals surface area contributed by atoms with E-state index in [1.54, 1.807) is 24.3 Å². The molecule has 0 unspecified atom stereocenters. The van der Waals surface area contributed by atoms with E-state index in [9.17, 15) is 5.11 Å². The largest absolute Gasteiger partial charge is 0.508 e. The molecule has 1 heterocycles. The molecule has 0 fully saturated rings. The van der Waals surface area contributed by atoms with Crippen molar-refractivity contribution in [2.45, 2.75) is 6.42 Å². The Labute approximate surface area is 179 Å². The molecule has 1 aromatic heterocycles. The fourth-order valence-corrected chi connectivity index (χ4v) is 2.78. The Morgan fingerprint density at radius 3 is 2.45 bits per heavy atom. The lowest BCUT2D eigenvalue weighted by Crippen LogP contribution is -2.26. The predicted molar refractivity (Wildman–Crippen MR) is 115 cm³/mol. The molecule has 2 aromatic carbocycles. The molecule has 0 aliphatic rings. The van der Waals surface area contributed by atoms with E-state index in [1.807, 2.05) is 36.2 Å². The first-order valence-corrected chi connectivity index (χ1v) is 9.78. The third-order valence-electron chi connectivity index (χ3n) is 4.08. The number of aromatic nitrogens is 3. The highest BCUT2D eigenvalue weighted by molar-refractivity contribution is 6.30. The summed E-state index contributed by atoms with van der Waals surface area (Å²) in [4.78, 5) is 14.5. The molecule has 0 saturated heterocycles. The average Bonchev–Trinajstić information content (AvgIpc) is 2.70. The van der Waals surface area contributed by atoms with E-state index in [0.29, 0.717) is 36.6 Å². The van der Waals surface area contributed by atoms with Crippen LogP contribution < -0.4 is 15.0 Å². The number of rotatable bonds is 9. The van der Waals surface area contributed by atoms with Gasteiger partial charge in [0.1, 0.15) is 18.1 Å². The Morgan fingerprint density at radius 2 is 1.72 bits per heavy atom. The number of anilines is 2. The number of hydrogen-bond acceptors (Lipinski definition) is 7. The number of phenols is 1. The van der Waals surface area contributed by atoms with Gasteiger partial charge in [-0.2, -0.15) is 15.0 Å². The van der Waals surface area contributed by atoms with Crippen LogP contribution in [0.4, 0.5) is 11.9 Å². The third-order valence-corrected chi connectivity index (χ3v) is 4.50. The number of likely N-dealkylation sites (N-methyl/N-ethyl adjacent to an activating group) is 1.